The van der Waals surface area contributed by atoms with Crippen LogP contribution in [0.1, 0.15) is 37.1 Å². The second-order valence-corrected chi connectivity index (χ2v) is 3.24. The van der Waals surface area contributed by atoms with Gasteiger partial charge in [-0.2, -0.15) is 0 Å². The quantitative estimate of drug-likeness (QED) is 0.594. The molecular weight excluding hydrogens is 134 g/mol. The minimum absolute atomic E-state index is 0.529. The molecule has 1 aromatic rings. The predicted molar refractivity (Wildman–Crippen MR) is 46.4 cm³/mol. The first-order valence-electron chi connectivity index (χ1n) is 4.14. The van der Waals surface area contributed by atoms with E-state index in [1.165, 1.54) is 11.1 Å². The Bertz CT molecular complexity index is 240. The summed E-state index contributed by atoms with van der Waals surface area (Å²) in [6.45, 7) is 4.42. The van der Waals surface area contributed by atoms with Crippen molar-refractivity contribution in [1.82, 2.24) is 5.32 Å². The molecule has 58 valence electrons. The van der Waals surface area contributed by atoms with E-state index in [9.17, 15) is 0 Å². The van der Waals surface area contributed by atoms with Crippen molar-refractivity contribution in [2.24, 2.45) is 0 Å². The Morgan fingerprint density at radius 3 is 1.91 bits per heavy atom. The summed E-state index contributed by atoms with van der Waals surface area (Å²) in [6, 6.07) is 9.68. The lowest BCUT2D eigenvalue weighted by molar-refractivity contribution is 0.553. The molecule has 0 aliphatic carbocycles. The average Bonchev–Trinajstić information content (AvgIpc) is 2.30. The zero-order chi connectivity index (χ0) is 7.84. The van der Waals surface area contributed by atoms with Gasteiger partial charge in [0.05, 0.1) is 0 Å². The minimum Gasteiger partial charge on any atom is -0.304 e. The van der Waals surface area contributed by atoms with Gasteiger partial charge in [0.15, 0.2) is 0 Å². The summed E-state index contributed by atoms with van der Waals surface area (Å²) in [4.78, 5) is 0. The summed E-state index contributed by atoms with van der Waals surface area (Å²) in [5.41, 5.74) is 2.92. The van der Waals surface area contributed by atoms with Crippen LogP contribution in [0.2, 0.25) is 0 Å². The lowest BCUT2D eigenvalue weighted by Gasteiger charge is -2.04. The SMILES string of the molecule is C[C@@H]1N[C@@H](C)c2ccccc21. The van der Waals surface area contributed by atoms with Crippen LogP contribution >= 0.6 is 0 Å². The van der Waals surface area contributed by atoms with Crippen LogP contribution in [-0.2, 0) is 0 Å². The van der Waals surface area contributed by atoms with Crippen molar-refractivity contribution >= 4 is 0 Å². The minimum atomic E-state index is 0.529. The maximum absolute atomic E-state index is 3.48. The fourth-order valence-electron chi connectivity index (χ4n) is 1.85. The lowest BCUT2D eigenvalue weighted by Crippen LogP contribution is -2.11. The molecule has 0 aromatic heterocycles. The summed E-state index contributed by atoms with van der Waals surface area (Å²) in [5, 5.41) is 3.48. The Balaban J connectivity index is 2.52. The lowest BCUT2D eigenvalue weighted by atomic mass is 10.0. The molecule has 0 unspecified atom stereocenters. The highest BCUT2D eigenvalue weighted by Crippen LogP contribution is 2.31. The summed E-state index contributed by atoms with van der Waals surface area (Å²) < 4.78 is 0. The molecule has 1 aliphatic heterocycles. The molecule has 0 amide bonds. The van der Waals surface area contributed by atoms with Gasteiger partial charge in [-0.25, -0.2) is 0 Å². The normalized spacial score (nSPS) is 28.5. The van der Waals surface area contributed by atoms with Crippen LogP contribution in [0.3, 0.4) is 0 Å². The van der Waals surface area contributed by atoms with Crippen molar-refractivity contribution in [3.63, 3.8) is 0 Å². The molecule has 1 heteroatoms. The van der Waals surface area contributed by atoms with Crippen molar-refractivity contribution in [3.05, 3.63) is 35.4 Å². The van der Waals surface area contributed by atoms with Crippen molar-refractivity contribution < 1.29 is 0 Å². The first-order chi connectivity index (χ1) is 5.29. The smallest absolute Gasteiger partial charge is 0.0300 e. The molecular formula is C10H13N. The molecule has 1 heterocycles. The average molecular weight is 147 g/mol. The zero-order valence-electron chi connectivity index (χ0n) is 6.96. The Morgan fingerprint density at radius 1 is 1.00 bits per heavy atom. The van der Waals surface area contributed by atoms with E-state index < -0.39 is 0 Å². The van der Waals surface area contributed by atoms with Gasteiger partial charge in [-0.1, -0.05) is 24.3 Å². The summed E-state index contributed by atoms with van der Waals surface area (Å²) in [6.07, 6.45) is 0. The van der Waals surface area contributed by atoms with E-state index in [-0.39, 0.29) is 0 Å². The Labute approximate surface area is 67.4 Å². The summed E-state index contributed by atoms with van der Waals surface area (Å²) in [7, 11) is 0. The molecule has 2 atom stereocenters. The zero-order valence-corrected chi connectivity index (χ0v) is 6.96. The molecule has 1 aromatic carbocycles. The number of nitrogens with one attached hydrogen (secondary N) is 1. The molecule has 0 bridgehead atoms. The van der Waals surface area contributed by atoms with E-state index in [1.54, 1.807) is 0 Å². The summed E-state index contributed by atoms with van der Waals surface area (Å²) >= 11 is 0. The second kappa shape index (κ2) is 2.35. The molecule has 1 aliphatic rings. The largest absolute Gasteiger partial charge is 0.304 e. The van der Waals surface area contributed by atoms with Crippen molar-refractivity contribution in [1.29, 1.82) is 0 Å². The molecule has 0 radical (unpaired) electrons. The molecule has 1 N–H and O–H groups in total. The fourth-order valence-corrected chi connectivity index (χ4v) is 1.85. The van der Waals surface area contributed by atoms with Gasteiger partial charge in [0.2, 0.25) is 0 Å². The standard InChI is InChI=1S/C10H13N/c1-7-9-5-3-4-6-10(9)8(2)11-7/h3-8,11H,1-2H3/t7-,8-/m0/s1. The van der Waals surface area contributed by atoms with Crippen molar-refractivity contribution in [3.8, 4) is 0 Å². The van der Waals surface area contributed by atoms with Gasteiger partial charge in [0.1, 0.15) is 0 Å². The Hall–Kier alpha value is -0.820. The maximum atomic E-state index is 3.48. The van der Waals surface area contributed by atoms with Crippen LogP contribution in [-0.4, -0.2) is 0 Å². The molecule has 11 heavy (non-hydrogen) atoms. The Morgan fingerprint density at radius 2 is 1.45 bits per heavy atom. The number of hydrogen-bond acceptors (Lipinski definition) is 1. The van der Waals surface area contributed by atoms with Gasteiger partial charge in [-0.05, 0) is 25.0 Å². The highest BCUT2D eigenvalue weighted by Gasteiger charge is 2.22. The van der Waals surface area contributed by atoms with Gasteiger partial charge in [-0.3, -0.25) is 0 Å². The second-order valence-electron chi connectivity index (χ2n) is 3.24. The van der Waals surface area contributed by atoms with Gasteiger partial charge < -0.3 is 5.32 Å². The fraction of sp³-hybridized carbons (Fsp3) is 0.400. The van der Waals surface area contributed by atoms with Crippen molar-refractivity contribution in [2.45, 2.75) is 25.9 Å². The first kappa shape index (κ1) is 6.86. The van der Waals surface area contributed by atoms with Crippen LogP contribution in [0, 0.1) is 0 Å². The van der Waals surface area contributed by atoms with E-state index in [0.717, 1.165) is 0 Å². The highest BCUT2D eigenvalue weighted by molar-refractivity contribution is 5.35. The maximum Gasteiger partial charge on any atom is 0.0300 e. The number of rotatable bonds is 0. The van der Waals surface area contributed by atoms with E-state index >= 15 is 0 Å². The molecule has 0 spiro atoms. The first-order valence-corrected chi connectivity index (χ1v) is 4.14. The monoisotopic (exact) mass is 147 g/mol. The van der Waals surface area contributed by atoms with E-state index in [2.05, 4.69) is 43.4 Å². The van der Waals surface area contributed by atoms with Crippen LogP contribution in [0.4, 0.5) is 0 Å². The van der Waals surface area contributed by atoms with Crippen LogP contribution in [0.5, 0.6) is 0 Å². The third-order valence-corrected chi connectivity index (χ3v) is 2.43. The van der Waals surface area contributed by atoms with E-state index in [4.69, 9.17) is 0 Å². The third-order valence-electron chi connectivity index (χ3n) is 2.43. The molecule has 0 saturated heterocycles. The van der Waals surface area contributed by atoms with Crippen LogP contribution in [0.15, 0.2) is 24.3 Å². The van der Waals surface area contributed by atoms with Gasteiger partial charge in [0.25, 0.3) is 0 Å². The topological polar surface area (TPSA) is 12.0 Å². The van der Waals surface area contributed by atoms with Crippen LogP contribution in [0.25, 0.3) is 0 Å². The molecule has 0 fully saturated rings. The van der Waals surface area contributed by atoms with E-state index in [1.807, 2.05) is 0 Å². The predicted octanol–water partition coefficient (Wildman–Crippen LogP) is 2.41. The molecule has 0 saturated carbocycles. The van der Waals surface area contributed by atoms with E-state index in [0.29, 0.717) is 12.1 Å². The Kier molecular flexibility index (Phi) is 1.46. The van der Waals surface area contributed by atoms with Gasteiger partial charge in [-0.15, -0.1) is 0 Å². The van der Waals surface area contributed by atoms with Gasteiger partial charge >= 0.3 is 0 Å². The number of hydrogen-bond donors (Lipinski definition) is 1. The highest BCUT2D eigenvalue weighted by atomic mass is 15.0. The van der Waals surface area contributed by atoms with Crippen LogP contribution < -0.4 is 5.32 Å². The van der Waals surface area contributed by atoms with Gasteiger partial charge in [0, 0.05) is 12.1 Å². The number of fused-ring (bicyclic) bond motifs is 1. The van der Waals surface area contributed by atoms with Crippen molar-refractivity contribution in [2.75, 3.05) is 0 Å². The molecule has 2 rings (SSSR count). The third kappa shape index (κ3) is 0.962. The summed E-state index contributed by atoms with van der Waals surface area (Å²) in [5.74, 6) is 0. The molecule has 1 nitrogen and oxygen atoms in total. The number of benzene rings is 1.